The highest BCUT2D eigenvalue weighted by Gasteiger charge is 2.32. The maximum atomic E-state index is 13.3. The third-order valence-corrected chi connectivity index (χ3v) is 3.62. The maximum Gasteiger partial charge on any atom is 0.144 e. The Kier molecular flexibility index (Phi) is 2.94. The fourth-order valence-electron chi connectivity index (χ4n) is 2.64. The average Bonchev–Trinajstić information content (AvgIpc) is 2.74. The minimum Gasteiger partial charge on any atom is -0.486 e. The summed E-state index contributed by atoms with van der Waals surface area (Å²) in [5.41, 5.74) is 3.21. The molecule has 4 heteroatoms. The van der Waals surface area contributed by atoms with E-state index in [9.17, 15) is 9.65 Å². The molecule has 2 heterocycles. The first-order valence-corrected chi connectivity index (χ1v) is 6.78. The average molecular weight is 282 g/mol. The molecule has 106 valence electrons. The summed E-state index contributed by atoms with van der Waals surface area (Å²) >= 11 is 0. The lowest BCUT2D eigenvalue weighted by Crippen LogP contribution is -2.24. The van der Waals surface area contributed by atoms with E-state index in [0.29, 0.717) is 22.6 Å². The molecule has 0 radical (unpaired) electrons. The molecule has 21 heavy (non-hydrogen) atoms. The molecule has 3 nitrogen and oxygen atoms in total. The summed E-state index contributed by atoms with van der Waals surface area (Å²) in [4.78, 5) is 4.12. The second-order valence-corrected chi connectivity index (χ2v) is 5.98. The Morgan fingerprint density at radius 3 is 2.76 bits per heavy atom. The monoisotopic (exact) mass is 282 g/mol. The molecule has 0 fully saturated rings. The molecule has 3 rings (SSSR count). The zero-order valence-corrected chi connectivity index (χ0v) is 12.2. The minimum atomic E-state index is -0.329. The van der Waals surface area contributed by atoms with E-state index >= 15 is 0 Å². The Hall–Kier alpha value is -2.41. The third-order valence-electron chi connectivity index (χ3n) is 3.62. The zero-order valence-electron chi connectivity index (χ0n) is 12.2. The van der Waals surface area contributed by atoms with Crippen LogP contribution in [0.4, 0.5) is 4.39 Å². The van der Waals surface area contributed by atoms with Gasteiger partial charge in [0.1, 0.15) is 23.2 Å². The predicted molar refractivity (Wildman–Crippen MR) is 77.5 cm³/mol. The molecule has 1 aliphatic rings. The molecule has 0 aliphatic carbocycles. The number of pyridine rings is 1. The van der Waals surface area contributed by atoms with E-state index in [4.69, 9.17) is 4.74 Å². The molecule has 1 aliphatic heterocycles. The molecular weight excluding hydrogens is 267 g/mol. The van der Waals surface area contributed by atoms with Gasteiger partial charge in [-0.1, -0.05) is 0 Å². The van der Waals surface area contributed by atoms with Gasteiger partial charge in [-0.2, -0.15) is 5.26 Å². The van der Waals surface area contributed by atoms with Crippen molar-refractivity contribution in [3.63, 3.8) is 0 Å². The smallest absolute Gasteiger partial charge is 0.144 e. The van der Waals surface area contributed by atoms with Gasteiger partial charge in [-0.05, 0) is 44.5 Å². The summed E-state index contributed by atoms with van der Waals surface area (Å²) in [5.74, 6) is 0.329. The Morgan fingerprint density at radius 2 is 2.10 bits per heavy atom. The highest BCUT2D eigenvalue weighted by atomic mass is 19.1. The van der Waals surface area contributed by atoms with Crippen molar-refractivity contribution >= 4 is 0 Å². The molecule has 2 aromatic rings. The number of halogens is 1. The van der Waals surface area contributed by atoms with Gasteiger partial charge in [0, 0.05) is 17.5 Å². The van der Waals surface area contributed by atoms with Crippen molar-refractivity contribution in [2.75, 3.05) is 0 Å². The number of aromatic nitrogens is 1. The fraction of sp³-hybridized carbons (Fsp3) is 0.294. The van der Waals surface area contributed by atoms with Crippen LogP contribution in [-0.4, -0.2) is 10.6 Å². The van der Waals surface area contributed by atoms with Crippen LogP contribution >= 0.6 is 0 Å². The summed E-state index contributed by atoms with van der Waals surface area (Å²) in [7, 11) is 0. The van der Waals surface area contributed by atoms with Crippen molar-refractivity contribution in [3.8, 4) is 23.1 Å². The van der Waals surface area contributed by atoms with Crippen molar-refractivity contribution in [1.29, 1.82) is 5.26 Å². The number of aryl methyl sites for hydroxylation is 1. The van der Waals surface area contributed by atoms with Crippen molar-refractivity contribution in [3.05, 3.63) is 46.9 Å². The quantitative estimate of drug-likeness (QED) is 0.799. The lowest BCUT2D eigenvalue weighted by molar-refractivity contribution is 0.138. The number of nitrogens with zero attached hydrogens (tertiary/aromatic N) is 2. The number of hydrogen-bond acceptors (Lipinski definition) is 3. The van der Waals surface area contributed by atoms with Gasteiger partial charge in [0.05, 0.1) is 17.5 Å². The van der Waals surface area contributed by atoms with Gasteiger partial charge in [0.15, 0.2) is 0 Å². The summed E-state index contributed by atoms with van der Waals surface area (Å²) in [5, 5.41) is 9.33. The van der Waals surface area contributed by atoms with Crippen LogP contribution in [0.2, 0.25) is 0 Å². The van der Waals surface area contributed by atoms with E-state index in [1.54, 1.807) is 19.1 Å². The number of hydrogen-bond donors (Lipinski definition) is 0. The van der Waals surface area contributed by atoms with Gasteiger partial charge in [0.25, 0.3) is 0 Å². The van der Waals surface area contributed by atoms with Gasteiger partial charge in [-0.25, -0.2) is 4.39 Å². The van der Waals surface area contributed by atoms with Gasteiger partial charge >= 0.3 is 0 Å². The number of fused-ring (bicyclic) bond motifs is 1. The molecule has 0 saturated heterocycles. The molecule has 0 bridgehead atoms. The highest BCUT2D eigenvalue weighted by Crippen LogP contribution is 2.40. The molecule has 0 amide bonds. The first-order chi connectivity index (χ1) is 9.89. The summed E-state index contributed by atoms with van der Waals surface area (Å²) < 4.78 is 19.2. The summed E-state index contributed by atoms with van der Waals surface area (Å²) in [6, 6.07) is 7.59. The number of rotatable bonds is 1. The second kappa shape index (κ2) is 4.56. The molecule has 0 N–H and O–H groups in total. The molecule has 0 unspecified atom stereocenters. The van der Waals surface area contributed by atoms with Crippen LogP contribution in [0.15, 0.2) is 24.4 Å². The van der Waals surface area contributed by atoms with E-state index in [-0.39, 0.29) is 11.4 Å². The normalized spacial score (nSPS) is 15.2. The lowest BCUT2D eigenvalue weighted by atomic mass is 9.97. The minimum absolute atomic E-state index is 0.307. The van der Waals surface area contributed by atoms with E-state index in [1.807, 2.05) is 19.9 Å². The molecule has 1 aromatic carbocycles. The third kappa shape index (κ3) is 2.36. The first-order valence-electron chi connectivity index (χ1n) is 6.78. The van der Waals surface area contributed by atoms with Gasteiger partial charge in [-0.3, -0.25) is 4.98 Å². The second-order valence-electron chi connectivity index (χ2n) is 5.98. The SMILES string of the molecule is Cc1cc(-c2cc(C#N)c3c(c2)CC(C)(C)O3)ncc1F. The standard InChI is InChI=1S/C17H15FN2O/c1-10-4-15(20-9-14(10)18)11-5-12-7-17(2,3)21-16(12)13(6-11)8-19/h4-6,9H,7H2,1-3H3. The molecule has 0 atom stereocenters. The van der Waals surface area contributed by atoms with Crippen LogP contribution in [0.3, 0.4) is 0 Å². The predicted octanol–water partition coefficient (Wildman–Crippen LogP) is 3.78. The zero-order chi connectivity index (χ0) is 15.2. The van der Waals surface area contributed by atoms with Crippen molar-refractivity contribution in [2.45, 2.75) is 32.8 Å². The largest absolute Gasteiger partial charge is 0.486 e. The van der Waals surface area contributed by atoms with E-state index in [0.717, 1.165) is 17.5 Å². The number of nitriles is 1. The van der Waals surface area contributed by atoms with Gasteiger partial charge in [0.2, 0.25) is 0 Å². The molecule has 1 aromatic heterocycles. The number of ether oxygens (including phenoxy) is 1. The Morgan fingerprint density at radius 1 is 1.33 bits per heavy atom. The van der Waals surface area contributed by atoms with Crippen LogP contribution in [-0.2, 0) is 6.42 Å². The Labute approximate surface area is 123 Å². The van der Waals surface area contributed by atoms with E-state index in [1.165, 1.54) is 6.20 Å². The van der Waals surface area contributed by atoms with Crippen LogP contribution in [0.5, 0.6) is 5.75 Å². The van der Waals surface area contributed by atoms with Gasteiger partial charge in [-0.15, -0.1) is 0 Å². The first kappa shape index (κ1) is 13.6. The van der Waals surface area contributed by atoms with Crippen molar-refractivity contribution in [2.24, 2.45) is 0 Å². The highest BCUT2D eigenvalue weighted by molar-refractivity contribution is 5.68. The van der Waals surface area contributed by atoms with E-state index < -0.39 is 0 Å². The van der Waals surface area contributed by atoms with Crippen LogP contribution in [0.1, 0.15) is 30.5 Å². The molecule has 0 saturated carbocycles. The number of benzene rings is 1. The Bertz CT molecular complexity index is 775. The molecular formula is C17H15FN2O. The summed E-state index contributed by atoms with van der Waals surface area (Å²) in [6.07, 6.45) is 1.95. The van der Waals surface area contributed by atoms with Crippen LogP contribution < -0.4 is 4.74 Å². The van der Waals surface area contributed by atoms with Crippen molar-refractivity contribution < 1.29 is 9.13 Å². The fourth-order valence-corrected chi connectivity index (χ4v) is 2.64. The maximum absolute atomic E-state index is 13.3. The topological polar surface area (TPSA) is 45.9 Å². The van der Waals surface area contributed by atoms with Crippen molar-refractivity contribution in [1.82, 2.24) is 4.98 Å². The van der Waals surface area contributed by atoms with Crippen LogP contribution in [0.25, 0.3) is 11.3 Å². The summed E-state index contributed by atoms with van der Waals surface area (Å²) in [6.45, 7) is 5.69. The lowest BCUT2D eigenvalue weighted by Gasteiger charge is -2.17. The van der Waals surface area contributed by atoms with E-state index in [2.05, 4.69) is 11.1 Å². The van der Waals surface area contributed by atoms with Gasteiger partial charge < -0.3 is 4.74 Å². The van der Waals surface area contributed by atoms with Crippen LogP contribution in [0, 0.1) is 24.1 Å². The Balaban J connectivity index is 2.14. The molecule has 0 spiro atoms.